The normalized spacial score (nSPS) is 18.8. The first kappa shape index (κ1) is 19.5. The van der Waals surface area contributed by atoms with E-state index in [0.717, 1.165) is 37.0 Å². The van der Waals surface area contributed by atoms with Gasteiger partial charge in [-0.15, -0.1) is 0 Å². The fourth-order valence-electron chi connectivity index (χ4n) is 4.02. The SMILES string of the molecule is COc1cc(C(=O)N2CCC(NC(=O)NC3CCCCC3)CC2)ccc1C. The molecule has 3 amide bonds. The quantitative estimate of drug-likeness (QED) is 0.851. The van der Waals surface area contributed by atoms with Crippen LogP contribution in [0.5, 0.6) is 5.75 Å². The molecular formula is C21H31N3O3. The van der Waals surface area contributed by atoms with E-state index in [1.54, 1.807) is 13.2 Å². The van der Waals surface area contributed by atoms with Crippen molar-refractivity contribution in [2.24, 2.45) is 0 Å². The van der Waals surface area contributed by atoms with Crippen LogP contribution in [0.25, 0.3) is 0 Å². The zero-order valence-electron chi connectivity index (χ0n) is 16.4. The van der Waals surface area contributed by atoms with Crippen molar-refractivity contribution in [3.63, 3.8) is 0 Å². The second kappa shape index (κ2) is 9.11. The average Bonchev–Trinajstić information content (AvgIpc) is 2.69. The predicted molar refractivity (Wildman–Crippen MR) is 105 cm³/mol. The van der Waals surface area contributed by atoms with Crippen LogP contribution < -0.4 is 15.4 Å². The van der Waals surface area contributed by atoms with Gasteiger partial charge in [-0.05, 0) is 50.3 Å². The number of nitrogens with one attached hydrogen (secondary N) is 2. The number of rotatable bonds is 4. The van der Waals surface area contributed by atoms with Crippen molar-refractivity contribution in [3.8, 4) is 5.75 Å². The Labute approximate surface area is 161 Å². The molecule has 6 nitrogen and oxygen atoms in total. The van der Waals surface area contributed by atoms with Crippen LogP contribution in [0.15, 0.2) is 18.2 Å². The van der Waals surface area contributed by atoms with Crippen molar-refractivity contribution >= 4 is 11.9 Å². The second-order valence-electron chi connectivity index (χ2n) is 7.70. The largest absolute Gasteiger partial charge is 0.496 e. The van der Waals surface area contributed by atoms with Crippen molar-refractivity contribution in [1.29, 1.82) is 0 Å². The third-order valence-corrected chi connectivity index (χ3v) is 5.71. The van der Waals surface area contributed by atoms with Gasteiger partial charge in [-0.2, -0.15) is 0 Å². The number of piperidine rings is 1. The summed E-state index contributed by atoms with van der Waals surface area (Å²) < 4.78 is 5.32. The van der Waals surface area contributed by atoms with Crippen molar-refractivity contribution in [2.45, 2.75) is 64.0 Å². The number of aryl methyl sites for hydroxylation is 1. The Morgan fingerprint density at radius 3 is 2.26 bits per heavy atom. The lowest BCUT2D eigenvalue weighted by Gasteiger charge is -2.33. The first-order valence-electron chi connectivity index (χ1n) is 10.1. The highest BCUT2D eigenvalue weighted by atomic mass is 16.5. The molecule has 3 rings (SSSR count). The second-order valence-corrected chi connectivity index (χ2v) is 7.70. The van der Waals surface area contributed by atoms with E-state index >= 15 is 0 Å². The first-order valence-corrected chi connectivity index (χ1v) is 10.1. The Hall–Kier alpha value is -2.24. The van der Waals surface area contributed by atoms with Gasteiger partial charge in [-0.1, -0.05) is 25.3 Å². The van der Waals surface area contributed by atoms with Gasteiger partial charge in [0.25, 0.3) is 5.91 Å². The molecule has 0 atom stereocenters. The Morgan fingerprint density at radius 1 is 1.00 bits per heavy atom. The van der Waals surface area contributed by atoms with Crippen molar-refractivity contribution in [1.82, 2.24) is 15.5 Å². The molecule has 2 N–H and O–H groups in total. The maximum atomic E-state index is 12.7. The van der Waals surface area contributed by atoms with Crippen LogP contribution in [0.3, 0.4) is 0 Å². The summed E-state index contributed by atoms with van der Waals surface area (Å²) in [5.41, 5.74) is 1.67. The minimum Gasteiger partial charge on any atom is -0.496 e. The van der Waals surface area contributed by atoms with Gasteiger partial charge < -0.3 is 20.3 Å². The van der Waals surface area contributed by atoms with Gasteiger partial charge in [0, 0.05) is 30.7 Å². The molecule has 1 aromatic rings. The number of hydrogen-bond acceptors (Lipinski definition) is 3. The molecule has 148 valence electrons. The molecular weight excluding hydrogens is 342 g/mol. The Bertz CT molecular complexity index is 663. The Morgan fingerprint density at radius 2 is 1.63 bits per heavy atom. The molecule has 0 unspecified atom stereocenters. The van der Waals surface area contributed by atoms with E-state index in [9.17, 15) is 9.59 Å². The molecule has 1 aromatic carbocycles. The summed E-state index contributed by atoms with van der Waals surface area (Å²) in [6, 6.07) is 5.95. The highest BCUT2D eigenvalue weighted by molar-refractivity contribution is 5.94. The van der Waals surface area contributed by atoms with Gasteiger partial charge in [0.2, 0.25) is 0 Å². The van der Waals surface area contributed by atoms with Gasteiger partial charge in [-0.3, -0.25) is 4.79 Å². The number of ether oxygens (including phenoxy) is 1. The number of amides is 3. The highest BCUT2D eigenvalue weighted by Gasteiger charge is 2.25. The molecule has 0 bridgehead atoms. The minimum atomic E-state index is -0.0602. The number of carbonyl (C=O) groups is 2. The number of urea groups is 1. The van der Waals surface area contributed by atoms with Crippen LogP contribution in [-0.2, 0) is 0 Å². The lowest BCUT2D eigenvalue weighted by molar-refractivity contribution is 0.0708. The third kappa shape index (κ3) is 5.15. The van der Waals surface area contributed by atoms with E-state index in [-0.39, 0.29) is 18.0 Å². The van der Waals surface area contributed by atoms with Crippen LogP contribution in [-0.4, -0.2) is 49.1 Å². The molecule has 1 aliphatic carbocycles. The molecule has 0 aromatic heterocycles. The number of methoxy groups -OCH3 is 1. The molecule has 0 spiro atoms. The van der Waals surface area contributed by atoms with Gasteiger partial charge in [0.15, 0.2) is 0 Å². The maximum Gasteiger partial charge on any atom is 0.315 e. The Balaban J connectivity index is 1.46. The number of likely N-dealkylation sites (tertiary alicyclic amines) is 1. The van der Waals surface area contributed by atoms with Gasteiger partial charge in [-0.25, -0.2) is 4.79 Å². The predicted octanol–water partition coefficient (Wildman–Crippen LogP) is 3.24. The zero-order chi connectivity index (χ0) is 19.2. The monoisotopic (exact) mass is 373 g/mol. The minimum absolute atomic E-state index is 0.0263. The molecule has 2 fully saturated rings. The summed E-state index contributed by atoms with van der Waals surface area (Å²) in [5, 5.41) is 6.18. The molecule has 27 heavy (non-hydrogen) atoms. The van der Waals surface area contributed by atoms with Gasteiger partial charge >= 0.3 is 6.03 Å². The van der Waals surface area contributed by atoms with Gasteiger partial charge in [0.1, 0.15) is 5.75 Å². The van der Waals surface area contributed by atoms with Crippen LogP contribution in [0.1, 0.15) is 60.9 Å². The summed E-state index contributed by atoms with van der Waals surface area (Å²) in [4.78, 5) is 26.8. The standard InChI is InChI=1S/C21H31N3O3/c1-15-8-9-16(14-19(15)27-2)20(25)24-12-10-18(11-13-24)23-21(26)22-17-6-4-3-5-7-17/h8-9,14,17-18H,3-7,10-13H2,1-2H3,(H2,22,23,26). The molecule has 1 heterocycles. The zero-order valence-corrected chi connectivity index (χ0v) is 16.4. The fourth-order valence-corrected chi connectivity index (χ4v) is 4.02. The number of benzene rings is 1. The fraction of sp³-hybridized carbons (Fsp3) is 0.619. The van der Waals surface area contributed by atoms with Crippen LogP contribution >= 0.6 is 0 Å². The maximum absolute atomic E-state index is 12.7. The Kier molecular flexibility index (Phi) is 6.58. The van der Waals surface area contributed by atoms with E-state index in [1.807, 2.05) is 24.0 Å². The number of carbonyl (C=O) groups excluding carboxylic acids is 2. The molecule has 1 saturated carbocycles. The van der Waals surface area contributed by atoms with Crippen LogP contribution in [0, 0.1) is 6.92 Å². The van der Waals surface area contributed by atoms with E-state index in [4.69, 9.17) is 4.74 Å². The van der Waals surface area contributed by atoms with E-state index in [1.165, 1.54) is 19.3 Å². The van der Waals surface area contributed by atoms with E-state index < -0.39 is 0 Å². The molecule has 1 saturated heterocycles. The van der Waals surface area contributed by atoms with Crippen molar-refractivity contribution < 1.29 is 14.3 Å². The third-order valence-electron chi connectivity index (χ3n) is 5.71. The number of hydrogen-bond donors (Lipinski definition) is 2. The number of nitrogens with zero attached hydrogens (tertiary/aromatic N) is 1. The van der Waals surface area contributed by atoms with Crippen LogP contribution in [0.2, 0.25) is 0 Å². The molecule has 6 heteroatoms. The first-order chi connectivity index (χ1) is 13.1. The molecule has 1 aliphatic heterocycles. The van der Waals surface area contributed by atoms with Crippen LogP contribution in [0.4, 0.5) is 4.79 Å². The summed E-state index contributed by atoms with van der Waals surface area (Å²) in [7, 11) is 1.62. The molecule has 2 aliphatic rings. The van der Waals surface area contributed by atoms with E-state index in [2.05, 4.69) is 10.6 Å². The van der Waals surface area contributed by atoms with Crippen molar-refractivity contribution in [2.75, 3.05) is 20.2 Å². The highest BCUT2D eigenvalue weighted by Crippen LogP contribution is 2.22. The smallest absolute Gasteiger partial charge is 0.315 e. The average molecular weight is 373 g/mol. The molecule has 0 radical (unpaired) electrons. The summed E-state index contributed by atoms with van der Waals surface area (Å²) in [5.74, 6) is 0.759. The summed E-state index contributed by atoms with van der Waals surface area (Å²) in [6.07, 6.45) is 7.42. The summed E-state index contributed by atoms with van der Waals surface area (Å²) in [6.45, 7) is 3.27. The topological polar surface area (TPSA) is 70.7 Å². The lowest BCUT2D eigenvalue weighted by atomic mass is 9.96. The van der Waals surface area contributed by atoms with Gasteiger partial charge in [0.05, 0.1) is 7.11 Å². The van der Waals surface area contributed by atoms with E-state index in [0.29, 0.717) is 24.7 Å². The van der Waals surface area contributed by atoms with Crippen molar-refractivity contribution in [3.05, 3.63) is 29.3 Å². The summed E-state index contributed by atoms with van der Waals surface area (Å²) >= 11 is 0. The lowest BCUT2D eigenvalue weighted by Crippen LogP contribution is -2.51.